The summed E-state index contributed by atoms with van der Waals surface area (Å²) in [7, 11) is 3.56. The van der Waals surface area contributed by atoms with Crippen molar-refractivity contribution in [1.29, 1.82) is 0 Å². The van der Waals surface area contributed by atoms with Crippen LogP contribution in [-0.4, -0.2) is 54.6 Å². The van der Waals surface area contributed by atoms with Crippen LogP contribution in [0.25, 0.3) is 0 Å². The number of carbonyl (C=O) groups excluding carboxylic acids is 2. The summed E-state index contributed by atoms with van der Waals surface area (Å²) in [6.45, 7) is 1.32. The van der Waals surface area contributed by atoms with Gasteiger partial charge in [0.1, 0.15) is 0 Å². The Morgan fingerprint density at radius 3 is 2.50 bits per heavy atom. The quantitative estimate of drug-likeness (QED) is 0.791. The number of piperidine rings is 1. The van der Waals surface area contributed by atoms with Crippen molar-refractivity contribution in [1.82, 2.24) is 9.80 Å². The summed E-state index contributed by atoms with van der Waals surface area (Å²) in [4.78, 5) is 28.6. The minimum atomic E-state index is 0.0512. The summed E-state index contributed by atoms with van der Waals surface area (Å²) in [6.07, 6.45) is 1.50. The summed E-state index contributed by atoms with van der Waals surface area (Å²) in [5.74, 6) is 0.712. The van der Waals surface area contributed by atoms with Crippen LogP contribution in [0, 0.1) is 5.92 Å². The van der Waals surface area contributed by atoms with Crippen LogP contribution < -0.4 is 0 Å². The first-order valence-electron chi connectivity index (χ1n) is 7.35. The second kappa shape index (κ2) is 7.88. The molecule has 1 aliphatic heterocycles. The molecule has 0 N–H and O–H groups in total. The molecule has 4 nitrogen and oxygen atoms in total. The number of rotatable bonds is 4. The average Bonchev–Trinajstić information content (AvgIpc) is 2.53. The highest BCUT2D eigenvalue weighted by Gasteiger charge is 2.28. The summed E-state index contributed by atoms with van der Waals surface area (Å²) >= 11 is 7.55. The van der Waals surface area contributed by atoms with Gasteiger partial charge in [0.15, 0.2) is 0 Å². The van der Waals surface area contributed by atoms with Crippen LogP contribution in [0.1, 0.15) is 12.8 Å². The fourth-order valence-electron chi connectivity index (χ4n) is 2.53. The normalized spacial score (nSPS) is 15.7. The van der Waals surface area contributed by atoms with Gasteiger partial charge in [0.2, 0.25) is 11.8 Å². The predicted molar refractivity (Wildman–Crippen MR) is 90.2 cm³/mol. The first kappa shape index (κ1) is 17.2. The highest BCUT2D eigenvalue weighted by Crippen LogP contribution is 2.27. The zero-order valence-electron chi connectivity index (χ0n) is 12.9. The third-order valence-electron chi connectivity index (χ3n) is 3.83. The number of thioether (sulfide) groups is 1. The first-order chi connectivity index (χ1) is 10.5. The van der Waals surface area contributed by atoms with Crippen LogP contribution in [0.2, 0.25) is 5.02 Å². The van der Waals surface area contributed by atoms with E-state index in [9.17, 15) is 9.59 Å². The van der Waals surface area contributed by atoms with E-state index in [1.165, 1.54) is 11.8 Å². The second-order valence-electron chi connectivity index (χ2n) is 5.61. The van der Waals surface area contributed by atoms with Crippen LogP contribution in [0.5, 0.6) is 0 Å². The SMILES string of the molecule is CN(C)C(=O)C1CCN(C(=O)CSc2ccccc2Cl)CC1. The Hall–Kier alpha value is -1.20. The molecule has 0 radical (unpaired) electrons. The van der Waals surface area contributed by atoms with E-state index in [2.05, 4.69) is 0 Å². The van der Waals surface area contributed by atoms with E-state index in [4.69, 9.17) is 11.6 Å². The lowest BCUT2D eigenvalue weighted by molar-refractivity contribution is -0.138. The number of likely N-dealkylation sites (tertiary alicyclic amines) is 1. The summed E-state index contributed by atoms with van der Waals surface area (Å²) in [5, 5.41) is 0.676. The molecule has 0 aromatic heterocycles. The minimum absolute atomic E-state index is 0.0512. The molecule has 1 saturated heterocycles. The molecule has 0 unspecified atom stereocenters. The van der Waals surface area contributed by atoms with Crippen molar-refractivity contribution in [2.45, 2.75) is 17.7 Å². The monoisotopic (exact) mass is 340 g/mol. The Labute approximate surface area is 140 Å². The Morgan fingerprint density at radius 2 is 1.91 bits per heavy atom. The van der Waals surface area contributed by atoms with Gasteiger partial charge in [0.05, 0.1) is 10.8 Å². The fraction of sp³-hybridized carbons (Fsp3) is 0.500. The topological polar surface area (TPSA) is 40.6 Å². The maximum absolute atomic E-state index is 12.3. The molecule has 1 heterocycles. The molecular weight excluding hydrogens is 320 g/mol. The first-order valence-corrected chi connectivity index (χ1v) is 8.71. The molecule has 1 aromatic rings. The maximum atomic E-state index is 12.3. The zero-order chi connectivity index (χ0) is 16.1. The molecule has 0 aliphatic carbocycles. The Morgan fingerprint density at radius 1 is 1.27 bits per heavy atom. The molecule has 1 aromatic carbocycles. The van der Waals surface area contributed by atoms with E-state index in [1.54, 1.807) is 19.0 Å². The average molecular weight is 341 g/mol. The molecule has 2 amide bonds. The summed E-state index contributed by atoms with van der Waals surface area (Å²) < 4.78 is 0. The number of benzene rings is 1. The van der Waals surface area contributed by atoms with E-state index in [1.807, 2.05) is 29.2 Å². The molecule has 0 bridgehead atoms. The van der Waals surface area contributed by atoms with Gasteiger partial charge in [-0.25, -0.2) is 0 Å². The maximum Gasteiger partial charge on any atom is 0.232 e. The van der Waals surface area contributed by atoms with Crippen molar-refractivity contribution in [3.63, 3.8) is 0 Å². The number of halogens is 1. The smallest absolute Gasteiger partial charge is 0.232 e. The number of amides is 2. The molecule has 120 valence electrons. The predicted octanol–water partition coefficient (Wildman–Crippen LogP) is 2.76. The van der Waals surface area contributed by atoms with Gasteiger partial charge in [0.25, 0.3) is 0 Å². The van der Waals surface area contributed by atoms with Crippen molar-refractivity contribution in [2.24, 2.45) is 5.92 Å². The number of carbonyl (C=O) groups is 2. The Balaban J connectivity index is 1.80. The molecular formula is C16H21ClN2O2S. The molecule has 0 atom stereocenters. The number of nitrogens with zero attached hydrogens (tertiary/aromatic N) is 2. The van der Waals surface area contributed by atoms with Gasteiger partial charge in [-0.15, -0.1) is 11.8 Å². The lowest BCUT2D eigenvalue weighted by Gasteiger charge is -2.32. The highest BCUT2D eigenvalue weighted by atomic mass is 35.5. The third-order valence-corrected chi connectivity index (χ3v) is 5.33. The molecule has 1 fully saturated rings. The van der Waals surface area contributed by atoms with Crippen LogP contribution in [0.4, 0.5) is 0 Å². The number of hydrogen-bond acceptors (Lipinski definition) is 3. The Bertz CT molecular complexity index is 543. The van der Waals surface area contributed by atoms with Gasteiger partial charge in [-0.05, 0) is 25.0 Å². The third kappa shape index (κ3) is 4.40. The molecule has 0 saturated carbocycles. The molecule has 2 rings (SSSR count). The van der Waals surface area contributed by atoms with E-state index in [-0.39, 0.29) is 17.7 Å². The molecule has 6 heteroatoms. The molecule has 22 heavy (non-hydrogen) atoms. The van der Waals surface area contributed by atoms with Gasteiger partial charge in [0, 0.05) is 38.0 Å². The number of hydrogen-bond donors (Lipinski definition) is 0. The van der Waals surface area contributed by atoms with Crippen LogP contribution in [-0.2, 0) is 9.59 Å². The van der Waals surface area contributed by atoms with Crippen molar-refractivity contribution >= 4 is 35.2 Å². The minimum Gasteiger partial charge on any atom is -0.349 e. The lowest BCUT2D eigenvalue weighted by Crippen LogP contribution is -2.43. The van der Waals surface area contributed by atoms with Gasteiger partial charge < -0.3 is 9.80 Å². The van der Waals surface area contributed by atoms with Crippen molar-refractivity contribution < 1.29 is 9.59 Å². The van der Waals surface area contributed by atoms with Gasteiger partial charge >= 0.3 is 0 Å². The standard InChI is InChI=1S/C16H21ClN2O2S/c1-18(2)16(21)12-7-9-19(10-8-12)15(20)11-22-14-6-4-3-5-13(14)17/h3-6,12H,7-11H2,1-2H3. The van der Waals surface area contributed by atoms with Crippen molar-refractivity contribution in [2.75, 3.05) is 32.9 Å². The Kier molecular flexibility index (Phi) is 6.15. The second-order valence-corrected chi connectivity index (χ2v) is 7.03. The van der Waals surface area contributed by atoms with Crippen molar-refractivity contribution in [3.8, 4) is 0 Å². The van der Waals surface area contributed by atoms with Crippen molar-refractivity contribution in [3.05, 3.63) is 29.3 Å². The highest BCUT2D eigenvalue weighted by molar-refractivity contribution is 8.00. The summed E-state index contributed by atoms with van der Waals surface area (Å²) in [6, 6.07) is 7.53. The zero-order valence-corrected chi connectivity index (χ0v) is 14.5. The van der Waals surface area contributed by atoms with Crippen LogP contribution in [0.3, 0.4) is 0 Å². The van der Waals surface area contributed by atoms with E-state index in [0.29, 0.717) is 23.9 Å². The van der Waals surface area contributed by atoms with Gasteiger partial charge in [-0.3, -0.25) is 9.59 Å². The van der Waals surface area contributed by atoms with Crippen LogP contribution in [0.15, 0.2) is 29.2 Å². The summed E-state index contributed by atoms with van der Waals surface area (Å²) in [5.41, 5.74) is 0. The lowest BCUT2D eigenvalue weighted by atomic mass is 9.95. The largest absolute Gasteiger partial charge is 0.349 e. The molecule has 1 aliphatic rings. The van der Waals surface area contributed by atoms with E-state index < -0.39 is 0 Å². The fourth-order valence-corrected chi connectivity index (χ4v) is 3.68. The van der Waals surface area contributed by atoms with E-state index in [0.717, 1.165) is 17.7 Å². The van der Waals surface area contributed by atoms with Gasteiger partial charge in [-0.1, -0.05) is 23.7 Å². The van der Waals surface area contributed by atoms with Gasteiger partial charge in [-0.2, -0.15) is 0 Å². The van der Waals surface area contributed by atoms with E-state index >= 15 is 0 Å². The molecule has 0 spiro atoms. The van der Waals surface area contributed by atoms with Crippen LogP contribution >= 0.6 is 23.4 Å².